The number of hydrogen-bond acceptors (Lipinski definition) is 4. The van der Waals surface area contributed by atoms with E-state index < -0.39 is 10.2 Å². The standard InChI is InChI=1S/C16H24N2O4S/c1-21-16-4-2-14(3-5-16)15-6-8-17(9-7-15)23(19,20)18-10-12-22-13-11-18/h2-5,15H,6-13H2,1H3. The third-order valence-corrected chi connectivity index (χ3v) is 6.70. The van der Waals surface area contributed by atoms with Gasteiger partial charge in [-0.05, 0) is 36.5 Å². The van der Waals surface area contributed by atoms with Crippen LogP contribution in [0, 0.1) is 0 Å². The minimum absolute atomic E-state index is 0.414. The molecule has 0 spiro atoms. The summed E-state index contributed by atoms with van der Waals surface area (Å²) in [4.78, 5) is 0. The van der Waals surface area contributed by atoms with Gasteiger partial charge in [0.2, 0.25) is 0 Å². The number of hydrogen-bond donors (Lipinski definition) is 0. The molecule has 2 aliphatic rings. The van der Waals surface area contributed by atoms with Gasteiger partial charge < -0.3 is 9.47 Å². The Morgan fingerprint density at radius 1 is 1.00 bits per heavy atom. The molecular weight excluding hydrogens is 316 g/mol. The molecule has 0 radical (unpaired) electrons. The number of ether oxygens (including phenoxy) is 2. The molecule has 2 aliphatic heterocycles. The van der Waals surface area contributed by atoms with Crippen LogP contribution in [-0.4, -0.2) is 63.5 Å². The summed E-state index contributed by atoms with van der Waals surface area (Å²) in [6.07, 6.45) is 1.71. The Morgan fingerprint density at radius 3 is 2.13 bits per heavy atom. The van der Waals surface area contributed by atoms with Gasteiger partial charge in [0.25, 0.3) is 10.2 Å². The first kappa shape index (κ1) is 16.7. The highest BCUT2D eigenvalue weighted by Crippen LogP contribution is 2.30. The lowest BCUT2D eigenvalue weighted by Crippen LogP contribution is -2.50. The van der Waals surface area contributed by atoms with Crippen LogP contribution in [0.2, 0.25) is 0 Å². The second-order valence-electron chi connectivity index (χ2n) is 5.97. The van der Waals surface area contributed by atoms with Crippen LogP contribution in [0.1, 0.15) is 24.3 Å². The first-order chi connectivity index (χ1) is 11.1. The van der Waals surface area contributed by atoms with Crippen molar-refractivity contribution < 1.29 is 17.9 Å². The Hall–Kier alpha value is -1.15. The molecular formula is C16H24N2O4S. The zero-order chi connectivity index (χ0) is 16.3. The van der Waals surface area contributed by atoms with Crippen molar-refractivity contribution in [3.05, 3.63) is 29.8 Å². The van der Waals surface area contributed by atoms with E-state index in [4.69, 9.17) is 9.47 Å². The van der Waals surface area contributed by atoms with E-state index in [-0.39, 0.29) is 0 Å². The summed E-state index contributed by atoms with van der Waals surface area (Å²) in [6.45, 7) is 3.05. The average Bonchev–Trinajstić information content (AvgIpc) is 2.63. The van der Waals surface area contributed by atoms with Crippen LogP contribution in [-0.2, 0) is 14.9 Å². The van der Waals surface area contributed by atoms with Crippen molar-refractivity contribution in [3.63, 3.8) is 0 Å². The summed E-state index contributed by atoms with van der Waals surface area (Å²) in [6, 6.07) is 8.09. The molecule has 0 atom stereocenters. The molecule has 23 heavy (non-hydrogen) atoms. The molecule has 1 aromatic rings. The van der Waals surface area contributed by atoms with Crippen LogP contribution >= 0.6 is 0 Å². The van der Waals surface area contributed by atoms with Crippen molar-refractivity contribution in [2.75, 3.05) is 46.5 Å². The maximum atomic E-state index is 12.6. The van der Waals surface area contributed by atoms with Gasteiger partial charge in [0, 0.05) is 26.2 Å². The Kier molecular flexibility index (Phi) is 5.21. The molecule has 3 rings (SSSR count). The summed E-state index contributed by atoms with van der Waals surface area (Å²) >= 11 is 0. The maximum absolute atomic E-state index is 12.6. The van der Waals surface area contributed by atoms with Crippen LogP contribution in [0.4, 0.5) is 0 Å². The zero-order valence-electron chi connectivity index (χ0n) is 13.5. The monoisotopic (exact) mass is 340 g/mol. The van der Waals surface area contributed by atoms with Gasteiger partial charge in [-0.1, -0.05) is 12.1 Å². The second-order valence-corrected chi connectivity index (χ2v) is 7.89. The minimum atomic E-state index is -3.33. The molecule has 0 aliphatic carbocycles. The van der Waals surface area contributed by atoms with Crippen molar-refractivity contribution in [1.82, 2.24) is 8.61 Å². The van der Waals surface area contributed by atoms with Gasteiger partial charge in [0.05, 0.1) is 20.3 Å². The summed E-state index contributed by atoms with van der Waals surface area (Å²) in [5.74, 6) is 1.26. The van der Waals surface area contributed by atoms with E-state index in [2.05, 4.69) is 12.1 Å². The molecule has 2 saturated heterocycles. The van der Waals surface area contributed by atoms with E-state index >= 15 is 0 Å². The lowest BCUT2D eigenvalue weighted by atomic mass is 9.90. The third-order valence-electron chi connectivity index (χ3n) is 4.66. The summed E-state index contributed by atoms with van der Waals surface area (Å²) in [5.41, 5.74) is 1.26. The molecule has 2 fully saturated rings. The van der Waals surface area contributed by atoms with Crippen molar-refractivity contribution >= 4 is 10.2 Å². The number of morpholine rings is 1. The predicted octanol–water partition coefficient (Wildman–Crippen LogP) is 1.45. The first-order valence-electron chi connectivity index (χ1n) is 8.08. The number of rotatable bonds is 4. The highest BCUT2D eigenvalue weighted by Gasteiger charge is 2.33. The van der Waals surface area contributed by atoms with Gasteiger partial charge in [-0.15, -0.1) is 0 Å². The van der Waals surface area contributed by atoms with Crippen LogP contribution < -0.4 is 4.74 Å². The fourth-order valence-electron chi connectivity index (χ4n) is 3.24. The quantitative estimate of drug-likeness (QED) is 0.832. The predicted molar refractivity (Wildman–Crippen MR) is 87.9 cm³/mol. The Bertz CT molecular complexity index is 603. The van der Waals surface area contributed by atoms with Crippen LogP contribution in [0.25, 0.3) is 0 Å². The van der Waals surface area contributed by atoms with Gasteiger partial charge >= 0.3 is 0 Å². The van der Waals surface area contributed by atoms with E-state index in [1.807, 2.05) is 12.1 Å². The first-order valence-corrected chi connectivity index (χ1v) is 9.48. The maximum Gasteiger partial charge on any atom is 0.282 e. The molecule has 0 saturated carbocycles. The number of methoxy groups -OCH3 is 1. The molecule has 6 nitrogen and oxygen atoms in total. The molecule has 0 amide bonds. The molecule has 2 heterocycles. The molecule has 0 aromatic heterocycles. The van der Waals surface area contributed by atoms with E-state index in [1.54, 1.807) is 15.7 Å². The lowest BCUT2D eigenvalue weighted by Gasteiger charge is -2.36. The smallest absolute Gasteiger partial charge is 0.282 e. The fourth-order valence-corrected chi connectivity index (χ4v) is 4.85. The lowest BCUT2D eigenvalue weighted by molar-refractivity contribution is 0.0696. The van der Waals surface area contributed by atoms with Gasteiger partial charge in [-0.2, -0.15) is 17.0 Å². The Balaban J connectivity index is 1.61. The van der Waals surface area contributed by atoms with Crippen molar-refractivity contribution in [2.24, 2.45) is 0 Å². The van der Waals surface area contributed by atoms with E-state index in [1.165, 1.54) is 5.56 Å². The molecule has 1 aromatic carbocycles. The fraction of sp³-hybridized carbons (Fsp3) is 0.625. The van der Waals surface area contributed by atoms with Gasteiger partial charge in [0.1, 0.15) is 5.75 Å². The van der Waals surface area contributed by atoms with Crippen molar-refractivity contribution in [2.45, 2.75) is 18.8 Å². The van der Waals surface area contributed by atoms with Gasteiger partial charge in [-0.25, -0.2) is 0 Å². The van der Waals surface area contributed by atoms with Gasteiger partial charge in [0.15, 0.2) is 0 Å². The average molecular weight is 340 g/mol. The number of piperidine rings is 1. The summed E-state index contributed by atoms with van der Waals surface area (Å²) in [5, 5.41) is 0. The molecule has 128 valence electrons. The largest absolute Gasteiger partial charge is 0.497 e. The van der Waals surface area contributed by atoms with Gasteiger partial charge in [-0.3, -0.25) is 0 Å². The molecule has 0 N–H and O–H groups in total. The summed E-state index contributed by atoms with van der Waals surface area (Å²) < 4.78 is 38.9. The molecule has 7 heteroatoms. The normalized spacial score (nSPS) is 22.1. The third kappa shape index (κ3) is 3.68. The zero-order valence-corrected chi connectivity index (χ0v) is 14.3. The van der Waals surface area contributed by atoms with Crippen LogP contribution in [0.15, 0.2) is 24.3 Å². The highest BCUT2D eigenvalue weighted by atomic mass is 32.2. The Morgan fingerprint density at radius 2 is 1.57 bits per heavy atom. The minimum Gasteiger partial charge on any atom is -0.497 e. The molecule has 0 bridgehead atoms. The number of benzene rings is 1. The van der Waals surface area contributed by atoms with E-state index in [9.17, 15) is 8.42 Å². The van der Waals surface area contributed by atoms with Crippen molar-refractivity contribution in [1.29, 1.82) is 0 Å². The topological polar surface area (TPSA) is 59.1 Å². The number of nitrogens with zero attached hydrogens (tertiary/aromatic N) is 2. The van der Waals surface area contributed by atoms with E-state index in [0.29, 0.717) is 45.3 Å². The SMILES string of the molecule is COc1ccc(C2CCN(S(=O)(=O)N3CCOCC3)CC2)cc1. The van der Waals surface area contributed by atoms with E-state index in [0.717, 1.165) is 18.6 Å². The van der Waals surface area contributed by atoms with Crippen LogP contribution in [0.3, 0.4) is 0 Å². The second kappa shape index (κ2) is 7.17. The molecule has 0 unspecified atom stereocenters. The summed E-state index contributed by atoms with van der Waals surface area (Å²) in [7, 11) is -1.68. The van der Waals surface area contributed by atoms with Crippen LogP contribution in [0.5, 0.6) is 5.75 Å². The highest BCUT2D eigenvalue weighted by molar-refractivity contribution is 7.86. The van der Waals surface area contributed by atoms with Crippen molar-refractivity contribution in [3.8, 4) is 5.75 Å². The Labute approximate surface area is 138 Å².